The van der Waals surface area contributed by atoms with Crippen molar-refractivity contribution in [1.82, 2.24) is 4.98 Å². The van der Waals surface area contributed by atoms with Gasteiger partial charge in [-0.1, -0.05) is 60.7 Å². The highest BCUT2D eigenvalue weighted by atomic mass is 16.1. The van der Waals surface area contributed by atoms with Gasteiger partial charge in [0.25, 0.3) is 5.91 Å². The van der Waals surface area contributed by atoms with Crippen LogP contribution in [0.2, 0.25) is 0 Å². The molecule has 1 aromatic heterocycles. The van der Waals surface area contributed by atoms with Gasteiger partial charge in [0.05, 0.1) is 5.56 Å². The monoisotopic (exact) mass is 317 g/mol. The van der Waals surface area contributed by atoms with Crippen LogP contribution < -0.4 is 11.1 Å². The van der Waals surface area contributed by atoms with Gasteiger partial charge in [-0.05, 0) is 29.2 Å². The first-order valence-electron chi connectivity index (χ1n) is 7.88. The molecule has 4 nitrogen and oxygen atoms in total. The molecule has 0 unspecified atom stereocenters. The number of carbonyl (C=O) groups is 1. The second-order valence-electron chi connectivity index (χ2n) is 5.47. The van der Waals surface area contributed by atoms with Crippen LogP contribution in [0.4, 0.5) is 5.82 Å². The Morgan fingerprint density at radius 1 is 0.958 bits per heavy atom. The summed E-state index contributed by atoms with van der Waals surface area (Å²) in [7, 11) is 0. The van der Waals surface area contributed by atoms with Gasteiger partial charge in [0, 0.05) is 12.7 Å². The van der Waals surface area contributed by atoms with Gasteiger partial charge in [-0.3, -0.25) is 4.79 Å². The quantitative estimate of drug-likeness (QED) is 0.731. The Morgan fingerprint density at radius 3 is 2.29 bits per heavy atom. The van der Waals surface area contributed by atoms with Gasteiger partial charge in [-0.2, -0.15) is 0 Å². The molecule has 0 atom stereocenters. The molecule has 0 aliphatic heterocycles. The predicted molar refractivity (Wildman–Crippen MR) is 96.8 cm³/mol. The maximum absolute atomic E-state index is 12.0. The number of primary amides is 1. The maximum atomic E-state index is 12.0. The summed E-state index contributed by atoms with van der Waals surface area (Å²) in [5.41, 5.74) is 9.01. The number of pyridine rings is 1. The lowest BCUT2D eigenvalue weighted by Crippen LogP contribution is -2.18. The molecule has 120 valence electrons. The van der Waals surface area contributed by atoms with Crippen LogP contribution in [0.25, 0.3) is 11.1 Å². The smallest absolute Gasteiger partial charge is 0.253 e. The maximum Gasteiger partial charge on any atom is 0.253 e. The average molecular weight is 317 g/mol. The van der Waals surface area contributed by atoms with Crippen molar-refractivity contribution in [3.63, 3.8) is 0 Å². The summed E-state index contributed by atoms with van der Waals surface area (Å²) < 4.78 is 0. The number of carbonyl (C=O) groups excluding carboxylic acids is 1. The van der Waals surface area contributed by atoms with Crippen molar-refractivity contribution in [1.29, 1.82) is 0 Å². The summed E-state index contributed by atoms with van der Waals surface area (Å²) in [6.45, 7) is 0.676. The molecule has 0 saturated heterocycles. The minimum Gasteiger partial charge on any atom is -0.369 e. The molecular formula is C20H19N3O. The summed E-state index contributed by atoms with van der Waals surface area (Å²) in [5, 5.41) is 3.24. The SMILES string of the molecule is NC(=O)c1c(-c2ccccc2)ccnc1NCCc1ccccc1. The number of nitrogens with zero attached hydrogens (tertiary/aromatic N) is 1. The Kier molecular flexibility index (Phi) is 4.87. The number of benzene rings is 2. The first-order valence-corrected chi connectivity index (χ1v) is 7.88. The Morgan fingerprint density at radius 2 is 1.62 bits per heavy atom. The number of rotatable bonds is 6. The number of amides is 1. The Bertz CT molecular complexity index is 817. The Hall–Kier alpha value is -3.14. The van der Waals surface area contributed by atoms with Gasteiger partial charge in [0.2, 0.25) is 0 Å². The van der Waals surface area contributed by atoms with Crippen molar-refractivity contribution in [2.24, 2.45) is 5.73 Å². The minimum atomic E-state index is -0.482. The molecule has 3 aromatic rings. The summed E-state index contributed by atoms with van der Waals surface area (Å²) in [6.07, 6.45) is 2.54. The van der Waals surface area contributed by atoms with Crippen LogP contribution in [-0.2, 0) is 6.42 Å². The standard InChI is InChI=1S/C20H19N3O/c21-19(24)18-17(16-9-5-2-6-10-16)12-14-23-20(18)22-13-11-15-7-3-1-4-8-15/h1-10,12,14H,11,13H2,(H2,21,24)(H,22,23). The van der Waals surface area contributed by atoms with Crippen LogP contribution in [0.15, 0.2) is 72.9 Å². The predicted octanol–water partition coefficient (Wildman–Crippen LogP) is 3.50. The van der Waals surface area contributed by atoms with E-state index in [-0.39, 0.29) is 0 Å². The van der Waals surface area contributed by atoms with E-state index in [0.29, 0.717) is 17.9 Å². The first kappa shape index (κ1) is 15.7. The normalized spacial score (nSPS) is 10.3. The van der Waals surface area contributed by atoms with E-state index in [2.05, 4.69) is 22.4 Å². The number of nitrogens with one attached hydrogen (secondary N) is 1. The molecule has 24 heavy (non-hydrogen) atoms. The molecule has 0 aliphatic carbocycles. The van der Waals surface area contributed by atoms with E-state index in [1.807, 2.05) is 54.6 Å². The van der Waals surface area contributed by atoms with Crippen LogP contribution in [0, 0.1) is 0 Å². The Balaban J connectivity index is 1.84. The Labute approximate surface area is 141 Å². The molecule has 0 aliphatic rings. The highest BCUT2D eigenvalue weighted by Gasteiger charge is 2.16. The van der Waals surface area contributed by atoms with Gasteiger partial charge in [-0.15, -0.1) is 0 Å². The highest BCUT2D eigenvalue weighted by Crippen LogP contribution is 2.27. The molecule has 0 radical (unpaired) electrons. The zero-order valence-electron chi connectivity index (χ0n) is 13.3. The van der Waals surface area contributed by atoms with Gasteiger partial charge >= 0.3 is 0 Å². The molecular weight excluding hydrogens is 298 g/mol. The molecule has 0 saturated carbocycles. The number of hydrogen-bond acceptors (Lipinski definition) is 3. The number of aromatic nitrogens is 1. The fourth-order valence-electron chi connectivity index (χ4n) is 2.67. The summed E-state index contributed by atoms with van der Waals surface area (Å²) in [4.78, 5) is 16.3. The number of anilines is 1. The second kappa shape index (κ2) is 7.42. The summed E-state index contributed by atoms with van der Waals surface area (Å²) in [5.74, 6) is 0.0453. The van der Waals surface area contributed by atoms with E-state index < -0.39 is 5.91 Å². The van der Waals surface area contributed by atoms with Gasteiger partial charge in [-0.25, -0.2) is 4.98 Å². The molecule has 1 amide bonds. The summed E-state index contributed by atoms with van der Waals surface area (Å²) in [6, 6.07) is 21.7. The van der Waals surface area contributed by atoms with Crippen molar-refractivity contribution >= 4 is 11.7 Å². The third-order valence-electron chi connectivity index (χ3n) is 3.83. The molecule has 4 heteroatoms. The van der Waals surface area contributed by atoms with Crippen LogP contribution in [-0.4, -0.2) is 17.4 Å². The van der Waals surface area contributed by atoms with Crippen LogP contribution in [0.5, 0.6) is 0 Å². The second-order valence-corrected chi connectivity index (χ2v) is 5.47. The average Bonchev–Trinajstić information content (AvgIpc) is 2.63. The van der Waals surface area contributed by atoms with E-state index in [9.17, 15) is 4.79 Å². The van der Waals surface area contributed by atoms with Crippen molar-refractivity contribution < 1.29 is 4.79 Å². The third kappa shape index (κ3) is 3.60. The van der Waals surface area contributed by atoms with Crippen molar-refractivity contribution in [2.75, 3.05) is 11.9 Å². The number of nitrogens with two attached hydrogens (primary N) is 1. The fourth-order valence-corrected chi connectivity index (χ4v) is 2.67. The molecule has 2 aromatic carbocycles. The van der Waals surface area contributed by atoms with Crippen molar-refractivity contribution in [3.8, 4) is 11.1 Å². The van der Waals surface area contributed by atoms with E-state index >= 15 is 0 Å². The first-order chi connectivity index (χ1) is 11.8. The van der Waals surface area contributed by atoms with E-state index in [0.717, 1.165) is 17.5 Å². The van der Waals surface area contributed by atoms with Crippen LogP contribution in [0.3, 0.4) is 0 Å². The topological polar surface area (TPSA) is 68.0 Å². The number of hydrogen-bond donors (Lipinski definition) is 2. The molecule has 0 spiro atoms. The van der Waals surface area contributed by atoms with Gasteiger partial charge in [0.15, 0.2) is 0 Å². The van der Waals surface area contributed by atoms with E-state index in [1.165, 1.54) is 5.56 Å². The summed E-state index contributed by atoms with van der Waals surface area (Å²) >= 11 is 0. The zero-order chi connectivity index (χ0) is 16.8. The zero-order valence-corrected chi connectivity index (χ0v) is 13.3. The third-order valence-corrected chi connectivity index (χ3v) is 3.83. The van der Waals surface area contributed by atoms with E-state index in [4.69, 9.17) is 5.73 Å². The molecule has 3 N–H and O–H groups in total. The van der Waals surface area contributed by atoms with Crippen LogP contribution in [0.1, 0.15) is 15.9 Å². The van der Waals surface area contributed by atoms with Crippen LogP contribution >= 0.6 is 0 Å². The van der Waals surface area contributed by atoms with E-state index in [1.54, 1.807) is 6.20 Å². The molecule has 0 fully saturated rings. The lowest BCUT2D eigenvalue weighted by Gasteiger charge is -2.13. The minimum absolute atomic E-state index is 0.428. The van der Waals surface area contributed by atoms with Gasteiger partial charge < -0.3 is 11.1 Å². The lowest BCUT2D eigenvalue weighted by atomic mass is 10.0. The van der Waals surface area contributed by atoms with Gasteiger partial charge in [0.1, 0.15) is 5.82 Å². The molecule has 0 bridgehead atoms. The van der Waals surface area contributed by atoms with Crippen molar-refractivity contribution in [2.45, 2.75) is 6.42 Å². The largest absolute Gasteiger partial charge is 0.369 e. The highest BCUT2D eigenvalue weighted by molar-refractivity contribution is 6.04. The lowest BCUT2D eigenvalue weighted by molar-refractivity contribution is 0.100. The molecule has 1 heterocycles. The fraction of sp³-hybridized carbons (Fsp3) is 0.100. The van der Waals surface area contributed by atoms with Crippen molar-refractivity contribution in [3.05, 3.63) is 84.1 Å². The molecule has 3 rings (SSSR count).